The van der Waals surface area contributed by atoms with Gasteiger partial charge in [0.2, 0.25) is 0 Å². The number of amides is 1. The van der Waals surface area contributed by atoms with Crippen LogP contribution >= 0.6 is 0 Å². The number of carbonyl (C=O) groups excluding carboxylic acids is 1. The molecule has 2 rings (SSSR count). The highest BCUT2D eigenvalue weighted by molar-refractivity contribution is 5.81. The molecular weight excluding hydrogens is 302 g/mol. The summed E-state index contributed by atoms with van der Waals surface area (Å²) in [6.07, 6.45) is 1.23. The van der Waals surface area contributed by atoms with Gasteiger partial charge in [-0.2, -0.15) is 0 Å². The monoisotopic (exact) mass is 333 g/mol. The molecule has 0 aliphatic carbocycles. The molecular formula is C19H31N3O2. The highest BCUT2D eigenvalue weighted by Crippen LogP contribution is 2.18. The maximum absolute atomic E-state index is 12.3. The Balaban J connectivity index is 1.69. The van der Waals surface area contributed by atoms with Gasteiger partial charge in [-0.25, -0.2) is 0 Å². The number of carbonyl (C=O) groups is 1. The second kappa shape index (κ2) is 9.64. The minimum atomic E-state index is -0.422. The van der Waals surface area contributed by atoms with Gasteiger partial charge in [-0.3, -0.25) is 4.79 Å². The Morgan fingerprint density at radius 1 is 1.25 bits per heavy atom. The summed E-state index contributed by atoms with van der Waals surface area (Å²) < 4.78 is 5.89. The Labute approximate surface area is 146 Å². The van der Waals surface area contributed by atoms with E-state index in [0.29, 0.717) is 13.0 Å². The molecule has 0 aromatic heterocycles. The fourth-order valence-electron chi connectivity index (χ4n) is 2.86. The van der Waals surface area contributed by atoms with E-state index in [-0.39, 0.29) is 5.91 Å². The van der Waals surface area contributed by atoms with E-state index in [0.717, 1.165) is 50.5 Å². The number of benzene rings is 1. The van der Waals surface area contributed by atoms with Crippen LogP contribution in [0.1, 0.15) is 25.3 Å². The lowest BCUT2D eigenvalue weighted by Gasteiger charge is -2.32. The highest BCUT2D eigenvalue weighted by atomic mass is 16.5. The lowest BCUT2D eigenvalue weighted by molar-refractivity contribution is -0.128. The van der Waals surface area contributed by atoms with Gasteiger partial charge in [0, 0.05) is 32.7 Å². The zero-order chi connectivity index (χ0) is 17.4. The van der Waals surface area contributed by atoms with Crippen molar-refractivity contribution in [2.24, 2.45) is 0 Å². The number of rotatable bonds is 8. The van der Waals surface area contributed by atoms with E-state index in [1.807, 2.05) is 38.1 Å². The van der Waals surface area contributed by atoms with Crippen LogP contribution in [0.3, 0.4) is 0 Å². The fraction of sp³-hybridized carbons (Fsp3) is 0.632. The molecule has 0 spiro atoms. The van der Waals surface area contributed by atoms with Crippen LogP contribution in [0.25, 0.3) is 0 Å². The molecule has 1 aromatic carbocycles. The summed E-state index contributed by atoms with van der Waals surface area (Å²) >= 11 is 0. The number of piperazine rings is 1. The van der Waals surface area contributed by atoms with E-state index in [9.17, 15) is 4.79 Å². The first-order chi connectivity index (χ1) is 11.6. The third-order valence-corrected chi connectivity index (χ3v) is 4.57. The Bertz CT molecular complexity index is 513. The van der Waals surface area contributed by atoms with Crippen LogP contribution in [0.4, 0.5) is 0 Å². The first-order valence-electron chi connectivity index (χ1n) is 9.01. The number of hydrogen-bond donors (Lipinski definition) is 1. The number of likely N-dealkylation sites (N-methyl/N-ethyl adjacent to an activating group) is 1. The molecule has 0 unspecified atom stereocenters. The second-order valence-corrected chi connectivity index (χ2v) is 6.57. The van der Waals surface area contributed by atoms with Gasteiger partial charge in [-0.05, 0) is 45.0 Å². The number of hydrogen-bond acceptors (Lipinski definition) is 4. The molecule has 24 heavy (non-hydrogen) atoms. The quantitative estimate of drug-likeness (QED) is 0.738. The summed E-state index contributed by atoms with van der Waals surface area (Å²) in [7, 11) is 2.16. The van der Waals surface area contributed by atoms with Gasteiger partial charge >= 0.3 is 0 Å². The zero-order valence-electron chi connectivity index (χ0n) is 15.3. The molecule has 1 N–H and O–H groups in total. The summed E-state index contributed by atoms with van der Waals surface area (Å²) in [5.41, 5.74) is 1.05. The van der Waals surface area contributed by atoms with Gasteiger partial charge in [-0.1, -0.05) is 25.1 Å². The summed E-state index contributed by atoms with van der Waals surface area (Å²) in [5, 5.41) is 3.02. The average Bonchev–Trinajstić information content (AvgIpc) is 2.59. The molecule has 1 heterocycles. The molecule has 1 aromatic rings. The molecule has 1 aliphatic rings. The first-order valence-corrected chi connectivity index (χ1v) is 9.01. The van der Waals surface area contributed by atoms with E-state index >= 15 is 0 Å². The molecule has 0 saturated carbocycles. The van der Waals surface area contributed by atoms with E-state index in [4.69, 9.17) is 4.74 Å². The van der Waals surface area contributed by atoms with Gasteiger partial charge in [0.25, 0.3) is 5.91 Å². The minimum Gasteiger partial charge on any atom is -0.480 e. The minimum absolute atomic E-state index is 0.0147. The SMILES string of the molecule is CC[C@H](Oc1ccccc1C)C(=O)NCCCN1CCN(C)CC1. The summed E-state index contributed by atoms with van der Waals surface area (Å²) in [6, 6.07) is 7.82. The van der Waals surface area contributed by atoms with Crippen molar-refractivity contribution in [3.63, 3.8) is 0 Å². The maximum Gasteiger partial charge on any atom is 0.261 e. The highest BCUT2D eigenvalue weighted by Gasteiger charge is 2.19. The van der Waals surface area contributed by atoms with Crippen LogP contribution in [-0.2, 0) is 4.79 Å². The van der Waals surface area contributed by atoms with Gasteiger partial charge in [0.05, 0.1) is 0 Å². The normalized spacial score (nSPS) is 17.5. The van der Waals surface area contributed by atoms with Crippen molar-refractivity contribution in [2.75, 3.05) is 46.3 Å². The second-order valence-electron chi connectivity index (χ2n) is 6.57. The molecule has 1 aliphatic heterocycles. The van der Waals surface area contributed by atoms with Crippen molar-refractivity contribution in [1.29, 1.82) is 0 Å². The standard InChI is InChI=1S/C19H31N3O2/c1-4-17(24-18-9-6-5-8-16(18)2)19(23)20-10-7-11-22-14-12-21(3)13-15-22/h5-6,8-9,17H,4,7,10-15H2,1-3H3,(H,20,23)/t17-/m0/s1. The molecule has 134 valence electrons. The topological polar surface area (TPSA) is 44.8 Å². The predicted molar refractivity (Wildman–Crippen MR) is 97.4 cm³/mol. The van der Waals surface area contributed by atoms with Crippen LogP contribution in [-0.4, -0.2) is 68.1 Å². The van der Waals surface area contributed by atoms with Gasteiger partial charge in [0.1, 0.15) is 5.75 Å². The van der Waals surface area contributed by atoms with Crippen molar-refractivity contribution in [3.05, 3.63) is 29.8 Å². The summed E-state index contributed by atoms with van der Waals surface area (Å²) in [5.74, 6) is 0.774. The molecule has 0 radical (unpaired) electrons. The molecule has 0 bridgehead atoms. The Kier molecular flexibility index (Phi) is 7.53. The predicted octanol–water partition coefficient (Wildman–Crippen LogP) is 1.91. The lowest BCUT2D eigenvalue weighted by atomic mass is 10.2. The van der Waals surface area contributed by atoms with E-state index in [2.05, 4.69) is 22.2 Å². The summed E-state index contributed by atoms with van der Waals surface area (Å²) in [6.45, 7) is 10.2. The number of nitrogens with zero attached hydrogens (tertiary/aromatic N) is 2. The lowest BCUT2D eigenvalue weighted by Crippen LogP contribution is -2.45. The fourth-order valence-corrected chi connectivity index (χ4v) is 2.86. The molecule has 1 amide bonds. The van der Waals surface area contributed by atoms with Crippen molar-refractivity contribution in [2.45, 2.75) is 32.8 Å². The molecule has 1 atom stereocenters. The first kappa shape index (κ1) is 18.7. The van der Waals surface area contributed by atoms with Crippen LogP contribution < -0.4 is 10.1 Å². The Hall–Kier alpha value is -1.59. The molecule has 5 nitrogen and oxygen atoms in total. The maximum atomic E-state index is 12.3. The third kappa shape index (κ3) is 5.80. The number of ether oxygens (including phenoxy) is 1. The number of nitrogens with one attached hydrogen (secondary N) is 1. The van der Waals surface area contributed by atoms with Crippen LogP contribution in [0.15, 0.2) is 24.3 Å². The average molecular weight is 333 g/mol. The van der Waals surface area contributed by atoms with Crippen molar-refractivity contribution in [1.82, 2.24) is 15.1 Å². The Morgan fingerprint density at radius 3 is 2.62 bits per heavy atom. The van der Waals surface area contributed by atoms with Crippen molar-refractivity contribution in [3.8, 4) is 5.75 Å². The van der Waals surface area contributed by atoms with E-state index in [1.54, 1.807) is 0 Å². The largest absolute Gasteiger partial charge is 0.480 e. The van der Waals surface area contributed by atoms with Crippen molar-refractivity contribution >= 4 is 5.91 Å². The smallest absolute Gasteiger partial charge is 0.261 e. The van der Waals surface area contributed by atoms with E-state index < -0.39 is 6.10 Å². The van der Waals surface area contributed by atoms with Gasteiger partial charge in [0.15, 0.2) is 6.10 Å². The molecule has 1 fully saturated rings. The van der Waals surface area contributed by atoms with Crippen molar-refractivity contribution < 1.29 is 9.53 Å². The third-order valence-electron chi connectivity index (χ3n) is 4.57. The van der Waals surface area contributed by atoms with Crippen LogP contribution in [0.2, 0.25) is 0 Å². The van der Waals surface area contributed by atoms with Crippen LogP contribution in [0.5, 0.6) is 5.75 Å². The number of para-hydroxylation sites is 1. The number of aryl methyl sites for hydroxylation is 1. The van der Waals surface area contributed by atoms with E-state index in [1.165, 1.54) is 0 Å². The van der Waals surface area contributed by atoms with Crippen LogP contribution in [0, 0.1) is 6.92 Å². The van der Waals surface area contributed by atoms with Gasteiger partial charge < -0.3 is 19.9 Å². The zero-order valence-corrected chi connectivity index (χ0v) is 15.3. The Morgan fingerprint density at radius 2 is 1.96 bits per heavy atom. The summed E-state index contributed by atoms with van der Waals surface area (Å²) in [4.78, 5) is 17.1. The van der Waals surface area contributed by atoms with Gasteiger partial charge in [-0.15, -0.1) is 0 Å². The molecule has 5 heteroatoms. The molecule has 1 saturated heterocycles.